The van der Waals surface area contributed by atoms with Crippen molar-refractivity contribution in [1.82, 2.24) is 5.32 Å². The van der Waals surface area contributed by atoms with Gasteiger partial charge in [-0.2, -0.15) is 0 Å². The minimum Gasteiger partial charge on any atom is -0.378 e. The molecule has 1 fully saturated rings. The molecule has 0 spiro atoms. The molecular weight excluding hydrogens is 348 g/mol. The fourth-order valence-corrected chi connectivity index (χ4v) is 4.28. The molecule has 4 nitrogen and oxygen atoms in total. The van der Waals surface area contributed by atoms with Crippen LogP contribution in [0.1, 0.15) is 59.3 Å². The Hall–Kier alpha value is -2.33. The van der Waals surface area contributed by atoms with E-state index in [1.807, 2.05) is 24.3 Å². The average Bonchev–Trinajstić information content (AvgIpc) is 2.77. The molecule has 0 saturated carbocycles. The number of hydrogen-bond donors (Lipinski definition) is 1. The fourth-order valence-electron chi connectivity index (χ4n) is 4.28. The fraction of sp³-hybridized carbons (Fsp3) is 0.458. The molecule has 1 atom stereocenters. The van der Waals surface area contributed by atoms with Crippen molar-refractivity contribution < 1.29 is 9.53 Å². The van der Waals surface area contributed by atoms with Gasteiger partial charge < -0.3 is 15.0 Å². The van der Waals surface area contributed by atoms with Gasteiger partial charge in [-0.1, -0.05) is 25.1 Å². The highest BCUT2D eigenvalue weighted by molar-refractivity contribution is 5.94. The lowest BCUT2D eigenvalue weighted by Crippen LogP contribution is -2.36. The van der Waals surface area contributed by atoms with Gasteiger partial charge in [-0.3, -0.25) is 4.79 Å². The first kappa shape index (κ1) is 19.0. The molecule has 148 valence electrons. The molecule has 2 aliphatic rings. The van der Waals surface area contributed by atoms with Crippen molar-refractivity contribution in [3.05, 3.63) is 64.7 Å². The van der Waals surface area contributed by atoms with E-state index in [1.54, 1.807) is 0 Å². The van der Waals surface area contributed by atoms with Crippen LogP contribution in [0.15, 0.2) is 42.5 Å². The Balaban J connectivity index is 1.44. The first-order valence-corrected chi connectivity index (χ1v) is 10.6. The number of nitrogens with zero attached hydrogens (tertiary/aromatic N) is 1. The van der Waals surface area contributed by atoms with Crippen molar-refractivity contribution in [2.45, 2.75) is 45.1 Å². The van der Waals surface area contributed by atoms with Gasteiger partial charge in [0.05, 0.1) is 19.3 Å². The van der Waals surface area contributed by atoms with E-state index in [9.17, 15) is 4.79 Å². The quantitative estimate of drug-likeness (QED) is 0.844. The van der Waals surface area contributed by atoms with Gasteiger partial charge in [0.25, 0.3) is 5.91 Å². The number of ether oxygens (including phenoxy) is 1. The molecule has 0 aromatic heterocycles. The van der Waals surface area contributed by atoms with E-state index in [2.05, 4.69) is 35.3 Å². The van der Waals surface area contributed by atoms with Crippen LogP contribution in [0.4, 0.5) is 5.69 Å². The van der Waals surface area contributed by atoms with Gasteiger partial charge in [-0.25, -0.2) is 0 Å². The van der Waals surface area contributed by atoms with E-state index in [-0.39, 0.29) is 11.9 Å². The van der Waals surface area contributed by atoms with Crippen LogP contribution in [-0.4, -0.2) is 32.2 Å². The van der Waals surface area contributed by atoms with E-state index in [0.29, 0.717) is 5.56 Å². The number of amides is 1. The summed E-state index contributed by atoms with van der Waals surface area (Å²) >= 11 is 0. The molecule has 2 aromatic rings. The topological polar surface area (TPSA) is 41.6 Å². The van der Waals surface area contributed by atoms with E-state index >= 15 is 0 Å². The summed E-state index contributed by atoms with van der Waals surface area (Å²) in [5, 5.41) is 3.23. The monoisotopic (exact) mass is 378 g/mol. The molecule has 0 unspecified atom stereocenters. The van der Waals surface area contributed by atoms with Crippen molar-refractivity contribution in [3.63, 3.8) is 0 Å². The number of fused-ring (bicyclic) bond motifs is 1. The largest absolute Gasteiger partial charge is 0.378 e. The molecular formula is C24H30N2O2. The van der Waals surface area contributed by atoms with Crippen molar-refractivity contribution in [2.75, 3.05) is 31.2 Å². The zero-order valence-corrected chi connectivity index (χ0v) is 16.7. The van der Waals surface area contributed by atoms with Gasteiger partial charge in [0.15, 0.2) is 0 Å². The lowest BCUT2D eigenvalue weighted by atomic mass is 9.88. The molecule has 2 aromatic carbocycles. The van der Waals surface area contributed by atoms with Crippen LogP contribution in [0.25, 0.3) is 0 Å². The third-order valence-corrected chi connectivity index (χ3v) is 5.99. The number of aryl methyl sites for hydroxylation is 2. The molecule has 1 amide bonds. The summed E-state index contributed by atoms with van der Waals surface area (Å²) in [4.78, 5) is 15.1. The molecule has 1 heterocycles. The maximum absolute atomic E-state index is 12.8. The predicted molar refractivity (Wildman–Crippen MR) is 113 cm³/mol. The van der Waals surface area contributed by atoms with E-state index in [0.717, 1.165) is 44.8 Å². The smallest absolute Gasteiger partial charge is 0.251 e. The second-order valence-corrected chi connectivity index (χ2v) is 7.82. The number of rotatable bonds is 5. The average molecular weight is 379 g/mol. The Morgan fingerprint density at radius 2 is 1.75 bits per heavy atom. The zero-order chi connectivity index (χ0) is 19.3. The number of nitrogens with one attached hydrogen (secondary N) is 1. The molecule has 1 aliphatic heterocycles. The third kappa shape index (κ3) is 4.22. The highest BCUT2D eigenvalue weighted by Gasteiger charge is 2.18. The third-order valence-electron chi connectivity index (χ3n) is 5.99. The zero-order valence-electron chi connectivity index (χ0n) is 16.7. The van der Waals surface area contributed by atoms with Crippen LogP contribution in [0.2, 0.25) is 0 Å². The Morgan fingerprint density at radius 3 is 2.46 bits per heavy atom. The van der Waals surface area contributed by atoms with Crippen LogP contribution in [0, 0.1) is 0 Å². The van der Waals surface area contributed by atoms with E-state index < -0.39 is 0 Å². The minimum absolute atomic E-state index is 0.00176. The van der Waals surface area contributed by atoms with Gasteiger partial charge in [0.1, 0.15) is 0 Å². The van der Waals surface area contributed by atoms with Crippen molar-refractivity contribution in [3.8, 4) is 0 Å². The standard InChI is InChI=1S/C24H30N2O2/c1-2-23(21-8-7-18-5-3-4-6-20(18)17-21)25-24(27)19-9-11-22(12-10-19)26-13-15-28-16-14-26/h7-12,17,23H,2-6,13-16H2,1H3,(H,25,27)/t23-/m1/s1. The summed E-state index contributed by atoms with van der Waals surface area (Å²) in [6.07, 6.45) is 5.80. The molecule has 4 heteroatoms. The highest BCUT2D eigenvalue weighted by Crippen LogP contribution is 2.26. The van der Waals surface area contributed by atoms with E-state index in [4.69, 9.17) is 4.74 Å². The predicted octanol–water partition coefficient (Wildman–Crippen LogP) is 4.28. The number of hydrogen-bond acceptors (Lipinski definition) is 3. The van der Waals surface area contributed by atoms with Gasteiger partial charge in [0.2, 0.25) is 0 Å². The summed E-state index contributed by atoms with van der Waals surface area (Å²) in [6, 6.07) is 14.8. The van der Waals surface area contributed by atoms with Crippen LogP contribution < -0.4 is 10.2 Å². The number of benzene rings is 2. The van der Waals surface area contributed by atoms with Crippen molar-refractivity contribution in [1.29, 1.82) is 0 Å². The number of anilines is 1. The lowest BCUT2D eigenvalue weighted by Gasteiger charge is -2.29. The maximum Gasteiger partial charge on any atom is 0.251 e. The first-order valence-electron chi connectivity index (χ1n) is 10.6. The summed E-state index contributed by atoms with van der Waals surface area (Å²) < 4.78 is 5.41. The molecule has 4 rings (SSSR count). The first-order chi connectivity index (χ1) is 13.7. The number of carbonyl (C=O) groups is 1. The maximum atomic E-state index is 12.8. The Labute approximate surface area is 167 Å². The SMILES string of the molecule is CC[C@@H](NC(=O)c1ccc(N2CCOCC2)cc1)c1ccc2c(c1)CCCC2. The Morgan fingerprint density at radius 1 is 1.04 bits per heavy atom. The van der Waals surface area contributed by atoms with Crippen LogP contribution in [0.3, 0.4) is 0 Å². The Kier molecular flexibility index (Phi) is 5.96. The van der Waals surface area contributed by atoms with Crippen molar-refractivity contribution >= 4 is 11.6 Å². The molecule has 28 heavy (non-hydrogen) atoms. The van der Waals surface area contributed by atoms with Gasteiger partial charge >= 0.3 is 0 Å². The second-order valence-electron chi connectivity index (χ2n) is 7.82. The highest BCUT2D eigenvalue weighted by atomic mass is 16.5. The molecule has 0 radical (unpaired) electrons. The number of morpholine rings is 1. The minimum atomic E-state index is -0.00176. The molecule has 1 aliphatic carbocycles. The van der Waals surface area contributed by atoms with Gasteiger partial charge in [0, 0.05) is 24.3 Å². The number of carbonyl (C=O) groups excluding carboxylic acids is 1. The summed E-state index contributed by atoms with van der Waals surface area (Å²) in [5.74, 6) is -0.00176. The summed E-state index contributed by atoms with van der Waals surface area (Å²) in [7, 11) is 0. The lowest BCUT2D eigenvalue weighted by molar-refractivity contribution is 0.0935. The van der Waals surface area contributed by atoms with Crippen molar-refractivity contribution in [2.24, 2.45) is 0 Å². The molecule has 1 N–H and O–H groups in total. The van der Waals surface area contributed by atoms with Crippen LogP contribution in [-0.2, 0) is 17.6 Å². The summed E-state index contributed by atoms with van der Waals surface area (Å²) in [5.41, 5.74) is 6.04. The van der Waals surface area contributed by atoms with Gasteiger partial charge in [-0.05, 0) is 73.1 Å². The second kappa shape index (κ2) is 8.78. The summed E-state index contributed by atoms with van der Waals surface area (Å²) in [6.45, 7) is 5.47. The van der Waals surface area contributed by atoms with Crippen LogP contribution in [0.5, 0.6) is 0 Å². The molecule has 1 saturated heterocycles. The molecule has 0 bridgehead atoms. The Bertz CT molecular complexity index is 810. The normalized spacial score (nSPS) is 17.7. The van der Waals surface area contributed by atoms with Gasteiger partial charge in [-0.15, -0.1) is 0 Å². The van der Waals surface area contributed by atoms with E-state index in [1.165, 1.54) is 36.0 Å². The van der Waals surface area contributed by atoms with Crippen LogP contribution >= 0.6 is 0 Å².